The van der Waals surface area contributed by atoms with Crippen LogP contribution >= 0.6 is 0 Å². The van der Waals surface area contributed by atoms with Crippen LogP contribution in [-0.2, 0) is 33.2 Å². The largest absolute Gasteiger partial charge is 0.394 e. The minimum atomic E-state index is -1.97. The van der Waals surface area contributed by atoms with Crippen molar-refractivity contribution in [2.24, 2.45) is 0 Å². The topological polar surface area (TPSA) is 307 Å². The van der Waals surface area contributed by atoms with Crippen molar-refractivity contribution in [1.29, 1.82) is 0 Å². The summed E-state index contributed by atoms with van der Waals surface area (Å²) in [7, 11) is 0. The van der Waals surface area contributed by atoms with Crippen LogP contribution in [0.25, 0.3) is 0 Å². The molecular weight excluding hydrogens is 1290 g/mol. The molecule has 19 heteroatoms. The Morgan fingerprint density at radius 1 is 0.347 bits per heavy atom. The number of aliphatic hydroxyl groups is 11. The summed E-state index contributed by atoms with van der Waals surface area (Å²) in [6.45, 7) is 1.87. The highest BCUT2D eigenvalue weighted by Crippen LogP contribution is 2.34. The highest BCUT2D eigenvalue weighted by atomic mass is 16.8. The average molecular weight is 1450 g/mol. The molecule has 12 N–H and O–H groups in total. The van der Waals surface area contributed by atoms with Crippen LogP contribution in [0.3, 0.4) is 0 Å². The Kier molecular flexibility index (Phi) is 58.9. The molecule has 3 rings (SSSR count). The molecule has 3 aliphatic rings. The fraction of sp³-hybridized carbons (Fsp3) is 0.963. The number of carbonyl (C=O) groups is 1. The van der Waals surface area contributed by atoms with Crippen LogP contribution in [0.15, 0.2) is 12.2 Å². The SMILES string of the molecule is CCCCCCCCCC/C=C\CCCCCCCCCCCCCCCCCCCC(=O)NC(COC1OC(CO)C(OC2OC(CO)C(OC3OC(CO)C(O)C(O)C3O)C(O)C2O)C(O)C1O)C(O)CCCCCCCCCCCCCCCCCCCCCCCCCCCCC. The van der Waals surface area contributed by atoms with Gasteiger partial charge in [0.05, 0.1) is 38.6 Å². The quantitative estimate of drug-likeness (QED) is 0.0199. The van der Waals surface area contributed by atoms with Crippen LogP contribution in [0.4, 0.5) is 0 Å². The number of rotatable bonds is 69. The van der Waals surface area contributed by atoms with Gasteiger partial charge < -0.3 is 89.9 Å². The Hall–Kier alpha value is -1.47. The Morgan fingerprint density at radius 2 is 0.624 bits per heavy atom. The third-order valence-electron chi connectivity index (χ3n) is 21.6. The molecule has 0 aliphatic carbocycles. The van der Waals surface area contributed by atoms with Gasteiger partial charge in [-0.15, -0.1) is 0 Å². The van der Waals surface area contributed by atoms with Crippen LogP contribution in [0.1, 0.15) is 373 Å². The van der Waals surface area contributed by atoms with Gasteiger partial charge in [0.25, 0.3) is 0 Å². The maximum absolute atomic E-state index is 13.5. The van der Waals surface area contributed by atoms with E-state index in [1.807, 2.05) is 0 Å². The van der Waals surface area contributed by atoms with Crippen molar-refractivity contribution >= 4 is 5.91 Å². The van der Waals surface area contributed by atoms with Crippen LogP contribution in [-0.4, -0.2) is 193 Å². The third kappa shape index (κ3) is 43.3. The summed E-state index contributed by atoms with van der Waals surface area (Å²) >= 11 is 0. The fourth-order valence-electron chi connectivity index (χ4n) is 14.8. The molecule has 0 spiro atoms. The monoisotopic (exact) mass is 1440 g/mol. The molecule has 17 unspecified atom stereocenters. The molecular formula is C82H157NO18. The van der Waals surface area contributed by atoms with Crippen molar-refractivity contribution in [1.82, 2.24) is 5.32 Å². The van der Waals surface area contributed by atoms with Crippen molar-refractivity contribution in [3.63, 3.8) is 0 Å². The summed E-state index contributed by atoms with van der Waals surface area (Å²) in [5.41, 5.74) is 0. The van der Waals surface area contributed by atoms with Gasteiger partial charge in [-0.25, -0.2) is 0 Å². The van der Waals surface area contributed by atoms with Gasteiger partial charge >= 0.3 is 0 Å². The fourth-order valence-corrected chi connectivity index (χ4v) is 14.8. The van der Waals surface area contributed by atoms with Gasteiger partial charge in [0.1, 0.15) is 73.2 Å². The van der Waals surface area contributed by atoms with Gasteiger partial charge in [-0.05, 0) is 38.5 Å². The van der Waals surface area contributed by atoms with Crippen molar-refractivity contribution in [2.45, 2.75) is 478 Å². The molecule has 3 heterocycles. The molecule has 1 amide bonds. The van der Waals surface area contributed by atoms with E-state index in [0.717, 1.165) is 44.9 Å². The lowest BCUT2D eigenvalue weighted by Gasteiger charge is -2.48. The van der Waals surface area contributed by atoms with Crippen molar-refractivity contribution in [2.75, 3.05) is 26.4 Å². The smallest absolute Gasteiger partial charge is 0.220 e. The minimum absolute atomic E-state index is 0.234. The molecule has 598 valence electrons. The number of carbonyl (C=O) groups excluding carboxylic acids is 1. The average Bonchev–Trinajstić information content (AvgIpc) is 0.796. The highest BCUT2D eigenvalue weighted by molar-refractivity contribution is 5.76. The molecule has 0 bridgehead atoms. The highest BCUT2D eigenvalue weighted by Gasteiger charge is 2.54. The number of unbranched alkanes of at least 4 members (excludes halogenated alkanes) is 51. The zero-order chi connectivity index (χ0) is 73.2. The molecule has 0 radical (unpaired) electrons. The van der Waals surface area contributed by atoms with E-state index in [1.165, 1.54) is 295 Å². The summed E-state index contributed by atoms with van der Waals surface area (Å²) in [6, 6.07) is -0.886. The molecule has 3 saturated heterocycles. The first-order chi connectivity index (χ1) is 49.3. The van der Waals surface area contributed by atoms with E-state index >= 15 is 0 Å². The maximum atomic E-state index is 13.5. The summed E-state index contributed by atoms with van der Waals surface area (Å²) in [5.74, 6) is -0.234. The Morgan fingerprint density at radius 3 is 0.960 bits per heavy atom. The van der Waals surface area contributed by atoms with Crippen LogP contribution in [0.5, 0.6) is 0 Å². The predicted molar refractivity (Wildman–Crippen MR) is 402 cm³/mol. The number of hydrogen-bond donors (Lipinski definition) is 12. The normalized spacial score (nSPS) is 26.3. The second-order valence-corrected chi connectivity index (χ2v) is 30.7. The number of hydrogen-bond acceptors (Lipinski definition) is 18. The molecule has 17 atom stereocenters. The van der Waals surface area contributed by atoms with E-state index in [-0.39, 0.29) is 18.9 Å². The lowest BCUT2D eigenvalue weighted by Crippen LogP contribution is -2.66. The zero-order valence-electron chi connectivity index (χ0n) is 64.2. The Balaban J connectivity index is 1.35. The van der Waals surface area contributed by atoms with Crippen molar-refractivity contribution in [3.05, 3.63) is 12.2 Å². The van der Waals surface area contributed by atoms with Gasteiger partial charge in [0.2, 0.25) is 5.91 Å². The van der Waals surface area contributed by atoms with E-state index in [9.17, 15) is 61.0 Å². The van der Waals surface area contributed by atoms with E-state index < -0.39 is 124 Å². The van der Waals surface area contributed by atoms with Gasteiger partial charge in [0, 0.05) is 6.42 Å². The van der Waals surface area contributed by atoms with Crippen molar-refractivity contribution < 1.29 is 89.4 Å². The number of allylic oxidation sites excluding steroid dienone is 2. The third-order valence-corrected chi connectivity index (χ3v) is 21.6. The number of amides is 1. The molecule has 3 aliphatic heterocycles. The number of aliphatic hydroxyl groups excluding tert-OH is 11. The molecule has 3 fully saturated rings. The van der Waals surface area contributed by atoms with E-state index in [1.54, 1.807) is 0 Å². The number of nitrogens with one attached hydrogen (secondary N) is 1. The van der Waals surface area contributed by atoms with Gasteiger partial charge in [-0.1, -0.05) is 341 Å². The maximum Gasteiger partial charge on any atom is 0.220 e. The van der Waals surface area contributed by atoms with Crippen molar-refractivity contribution in [3.8, 4) is 0 Å². The zero-order valence-corrected chi connectivity index (χ0v) is 64.2. The number of ether oxygens (including phenoxy) is 6. The standard InChI is InChI=1S/C82H157NO18/c1-3-5-7-9-11-13-15-17-19-21-23-25-27-29-31-32-34-36-38-40-42-44-46-48-50-52-54-56-58-60-70(88)83-65(66(87)59-57-55-53-51-49-47-45-43-41-39-37-35-33-30-28-26-24-22-20-18-16-14-12-10-8-6-4-2)64-96-80-76(94)73(91)78(68(62-85)98-80)101-82-77(95)74(92)79(69(63-86)99-82)100-81-75(93)72(90)71(89)67(61-84)97-81/h21,23,65-69,71-82,84-87,89-95H,3-20,22,24-64H2,1-2H3,(H,83,88)/b23-21-. The molecule has 0 aromatic rings. The van der Waals surface area contributed by atoms with E-state index in [2.05, 4.69) is 31.3 Å². The summed E-state index contributed by atoms with van der Waals surface area (Å²) in [5, 5.41) is 121. The minimum Gasteiger partial charge on any atom is -0.394 e. The second kappa shape index (κ2) is 63.5. The lowest BCUT2D eigenvalue weighted by molar-refractivity contribution is -0.379. The summed E-state index contributed by atoms with van der Waals surface area (Å²) < 4.78 is 34.6. The molecule has 0 aromatic heterocycles. The van der Waals surface area contributed by atoms with Crippen LogP contribution < -0.4 is 5.32 Å². The molecule has 0 saturated carbocycles. The Labute approximate surface area is 614 Å². The van der Waals surface area contributed by atoms with Gasteiger partial charge in [0.15, 0.2) is 18.9 Å². The van der Waals surface area contributed by atoms with E-state index in [0.29, 0.717) is 12.8 Å². The summed E-state index contributed by atoms with van der Waals surface area (Å²) in [4.78, 5) is 13.5. The van der Waals surface area contributed by atoms with E-state index in [4.69, 9.17) is 28.4 Å². The first kappa shape index (κ1) is 93.7. The van der Waals surface area contributed by atoms with Gasteiger partial charge in [-0.3, -0.25) is 4.79 Å². The van der Waals surface area contributed by atoms with Gasteiger partial charge in [-0.2, -0.15) is 0 Å². The molecule has 101 heavy (non-hydrogen) atoms. The lowest BCUT2D eigenvalue weighted by atomic mass is 9.96. The molecule has 0 aromatic carbocycles. The second-order valence-electron chi connectivity index (χ2n) is 30.7. The first-order valence-electron chi connectivity index (χ1n) is 42.4. The molecule has 19 nitrogen and oxygen atoms in total. The Bertz CT molecular complexity index is 1870. The predicted octanol–water partition coefficient (Wildman–Crippen LogP) is 14.7. The van der Waals surface area contributed by atoms with Crippen LogP contribution in [0, 0.1) is 0 Å². The summed E-state index contributed by atoms with van der Waals surface area (Å²) in [6.07, 6.45) is 48.8. The van der Waals surface area contributed by atoms with Crippen LogP contribution in [0.2, 0.25) is 0 Å². The first-order valence-corrected chi connectivity index (χ1v) is 42.4.